The molecule has 1 fully saturated rings. The average molecular weight is 243 g/mol. The number of ether oxygens (including phenoxy) is 1. The van der Waals surface area contributed by atoms with Crippen molar-refractivity contribution < 1.29 is 9.84 Å². The first kappa shape index (κ1) is 14.9. The van der Waals surface area contributed by atoms with E-state index in [9.17, 15) is 5.11 Å². The van der Waals surface area contributed by atoms with Crippen molar-refractivity contribution in [3.05, 3.63) is 0 Å². The Labute approximate surface area is 106 Å². The van der Waals surface area contributed by atoms with Gasteiger partial charge < -0.3 is 15.2 Å². The van der Waals surface area contributed by atoms with Crippen LogP contribution in [0.4, 0.5) is 0 Å². The number of aliphatic hydroxyl groups is 1. The van der Waals surface area contributed by atoms with E-state index in [1.165, 1.54) is 0 Å². The largest absolute Gasteiger partial charge is 0.392 e. The highest BCUT2D eigenvalue weighted by Gasteiger charge is 2.48. The minimum absolute atomic E-state index is 0.188. The molecule has 3 unspecified atom stereocenters. The van der Waals surface area contributed by atoms with Crippen molar-refractivity contribution in [1.29, 1.82) is 0 Å². The van der Waals surface area contributed by atoms with Crippen LogP contribution in [0.3, 0.4) is 0 Å². The van der Waals surface area contributed by atoms with Gasteiger partial charge in [0.2, 0.25) is 0 Å². The first-order valence-corrected chi connectivity index (χ1v) is 6.91. The predicted octanol–water partition coefficient (Wildman–Crippen LogP) is 2.19. The summed E-state index contributed by atoms with van der Waals surface area (Å²) in [5, 5.41) is 13.3. The molecule has 0 bridgehead atoms. The third-order valence-electron chi connectivity index (χ3n) is 3.89. The molecule has 1 aliphatic rings. The van der Waals surface area contributed by atoms with Crippen LogP contribution in [0, 0.1) is 11.3 Å². The highest BCUT2D eigenvalue weighted by atomic mass is 16.5. The Hall–Kier alpha value is -0.120. The number of hydrogen-bond acceptors (Lipinski definition) is 3. The van der Waals surface area contributed by atoms with E-state index < -0.39 is 0 Å². The Morgan fingerprint density at radius 3 is 2.53 bits per heavy atom. The van der Waals surface area contributed by atoms with Crippen molar-refractivity contribution in [3.8, 4) is 0 Å². The van der Waals surface area contributed by atoms with Gasteiger partial charge in [-0.25, -0.2) is 0 Å². The summed E-state index contributed by atoms with van der Waals surface area (Å²) in [5.74, 6) is 0.553. The lowest BCUT2D eigenvalue weighted by Crippen LogP contribution is -2.61. The van der Waals surface area contributed by atoms with Gasteiger partial charge in [0.15, 0.2) is 0 Å². The van der Waals surface area contributed by atoms with E-state index >= 15 is 0 Å². The molecule has 0 aromatic rings. The molecule has 0 radical (unpaired) electrons. The van der Waals surface area contributed by atoms with Crippen LogP contribution < -0.4 is 5.32 Å². The van der Waals surface area contributed by atoms with Crippen molar-refractivity contribution in [3.63, 3.8) is 0 Å². The number of aliphatic hydroxyl groups excluding tert-OH is 1. The topological polar surface area (TPSA) is 41.5 Å². The van der Waals surface area contributed by atoms with Crippen LogP contribution in [0.15, 0.2) is 0 Å². The van der Waals surface area contributed by atoms with Crippen molar-refractivity contribution in [2.45, 2.75) is 65.7 Å². The first-order valence-electron chi connectivity index (χ1n) is 6.91. The van der Waals surface area contributed by atoms with Crippen molar-refractivity contribution in [2.75, 3.05) is 13.2 Å². The van der Waals surface area contributed by atoms with Gasteiger partial charge in [-0.05, 0) is 25.7 Å². The van der Waals surface area contributed by atoms with Crippen LogP contribution in [-0.4, -0.2) is 36.5 Å². The Balaban J connectivity index is 2.26. The zero-order valence-corrected chi connectivity index (χ0v) is 12.0. The van der Waals surface area contributed by atoms with Crippen LogP contribution in [-0.2, 0) is 4.74 Å². The Morgan fingerprint density at radius 1 is 1.41 bits per heavy atom. The summed E-state index contributed by atoms with van der Waals surface area (Å²) in [7, 11) is 0. The van der Waals surface area contributed by atoms with Crippen LogP contribution in [0.1, 0.15) is 47.5 Å². The van der Waals surface area contributed by atoms with Crippen molar-refractivity contribution in [2.24, 2.45) is 11.3 Å². The standard InChI is InChI=1S/C14H29NO2/c1-6-17-13-8-12(14(13,4)5)15-9-11(16)7-10(2)3/h10-13,15-16H,6-9H2,1-5H3. The molecule has 0 heterocycles. The van der Waals surface area contributed by atoms with E-state index in [1.54, 1.807) is 0 Å². The quantitative estimate of drug-likeness (QED) is 0.720. The summed E-state index contributed by atoms with van der Waals surface area (Å²) in [4.78, 5) is 0. The van der Waals surface area contributed by atoms with Gasteiger partial charge in [-0.15, -0.1) is 0 Å². The van der Waals surface area contributed by atoms with Gasteiger partial charge in [0.05, 0.1) is 12.2 Å². The monoisotopic (exact) mass is 243 g/mol. The minimum Gasteiger partial charge on any atom is -0.392 e. The van der Waals surface area contributed by atoms with Crippen LogP contribution >= 0.6 is 0 Å². The second-order valence-corrected chi connectivity index (χ2v) is 6.25. The van der Waals surface area contributed by atoms with Gasteiger partial charge in [-0.1, -0.05) is 27.7 Å². The smallest absolute Gasteiger partial charge is 0.0667 e. The molecule has 0 aromatic carbocycles. The molecule has 17 heavy (non-hydrogen) atoms. The maximum absolute atomic E-state index is 9.83. The fourth-order valence-corrected chi connectivity index (χ4v) is 2.62. The van der Waals surface area contributed by atoms with Gasteiger partial charge in [0, 0.05) is 24.6 Å². The number of rotatable bonds is 7. The van der Waals surface area contributed by atoms with Crippen molar-refractivity contribution in [1.82, 2.24) is 5.32 Å². The summed E-state index contributed by atoms with van der Waals surface area (Å²) in [5.41, 5.74) is 0.188. The van der Waals surface area contributed by atoms with Gasteiger partial charge in [-0.2, -0.15) is 0 Å². The Morgan fingerprint density at radius 2 is 2.06 bits per heavy atom. The summed E-state index contributed by atoms with van der Waals surface area (Å²) >= 11 is 0. The van der Waals surface area contributed by atoms with E-state index in [4.69, 9.17) is 4.74 Å². The minimum atomic E-state index is -0.225. The molecule has 0 amide bonds. The van der Waals surface area contributed by atoms with Crippen LogP contribution in [0.5, 0.6) is 0 Å². The third-order valence-corrected chi connectivity index (χ3v) is 3.89. The summed E-state index contributed by atoms with van der Waals surface area (Å²) < 4.78 is 5.69. The Kier molecular flexibility index (Phi) is 5.42. The normalized spacial score (nSPS) is 29.1. The van der Waals surface area contributed by atoms with E-state index in [0.717, 1.165) is 19.4 Å². The van der Waals surface area contributed by atoms with Gasteiger partial charge in [-0.3, -0.25) is 0 Å². The van der Waals surface area contributed by atoms with Crippen molar-refractivity contribution >= 4 is 0 Å². The van der Waals surface area contributed by atoms with Crippen LogP contribution in [0.2, 0.25) is 0 Å². The molecule has 1 aliphatic carbocycles. The average Bonchev–Trinajstić information content (AvgIpc) is 2.21. The predicted molar refractivity (Wildman–Crippen MR) is 71.1 cm³/mol. The summed E-state index contributed by atoms with van der Waals surface area (Å²) in [6.07, 6.45) is 2.08. The zero-order valence-electron chi connectivity index (χ0n) is 12.0. The highest BCUT2D eigenvalue weighted by Crippen LogP contribution is 2.42. The Bertz CT molecular complexity index is 228. The molecule has 3 nitrogen and oxygen atoms in total. The second-order valence-electron chi connectivity index (χ2n) is 6.25. The fourth-order valence-electron chi connectivity index (χ4n) is 2.62. The molecular formula is C14H29NO2. The lowest BCUT2D eigenvalue weighted by atomic mass is 9.64. The van der Waals surface area contributed by atoms with Gasteiger partial charge in [0.1, 0.15) is 0 Å². The van der Waals surface area contributed by atoms with E-state index in [0.29, 0.717) is 24.6 Å². The lowest BCUT2D eigenvalue weighted by Gasteiger charge is -2.52. The molecule has 102 valence electrons. The highest BCUT2D eigenvalue weighted by molar-refractivity contribution is 5.02. The molecule has 0 aliphatic heterocycles. The second kappa shape index (κ2) is 6.17. The lowest BCUT2D eigenvalue weighted by molar-refractivity contribution is -0.115. The molecule has 0 saturated heterocycles. The summed E-state index contributed by atoms with van der Waals surface area (Å²) in [6.45, 7) is 12.3. The first-order chi connectivity index (χ1) is 7.87. The maximum atomic E-state index is 9.83. The van der Waals surface area contributed by atoms with E-state index in [1.807, 2.05) is 6.92 Å². The van der Waals surface area contributed by atoms with E-state index in [-0.39, 0.29) is 11.5 Å². The molecule has 0 spiro atoms. The molecule has 3 atom stereocenters. The van der Waals surface area contributed by atoms with Crippen LogP contribution in [0.25, 0.3) is 0 Å². The molecule has 0 aromatic heterocycles. The molecular weight excluding hydrogens is 214 g/mol. The number of hydrogen-bond donors (Lipinski definition) is 2. The SMILES string of the molecule is CCOC1CC(NCC(O)CC(C)C)C1(C)C. The molecule has 1 saturated carbocycles. The summed E-state index contributed by atoms with van der Waals surface area (Å²) in [6, 6.07) is 0.473. The van der Waals surface area contributed by atoms with Gasteiger partial charge >= 0.3 is 0 Å². The molecule has 2 N–H and O–H groups in total. The number of nitrogens with one attached hydrogen (secondary N) is 1. The van der Waals surface area contributed by atoms with E-state index in [2.05, 4.69) is 33.0 Å². The third kappa shape index (κ3) is 3.94. The molecule has 1 rings (SSSR count). The maximum Gasteiger partial charge on any atom is 0.0667 e. The van der Waals surface area contributed by atoms with Gasteiger partial charge in [0.25, 0.3) is 0 Å². The fraction of sp³-hybridized carbons (Fsp3) is 1.00. The molecule has 3 heteroatoms. The zero-order chi connectivity index (χ0) is 13.1.